The Morgan fingerprint density at radius 3 is 3.00 bits per heavy atom. The van der Waals surface area contributed by atoms with Gasteiger partial charge in [-0.1, -0.05) is 13.8 Å². The third-order valence-electron chi connectivity index (χ3n) is 2.28. The first-order chi connectivity index (χ1) is 5.79. The average molecular weight is 179 g/mol. The minimum absolute atomic E-state index is 0.617. The number of aromatic nitrogens is 1. The van der Waals surface area contributed by atoms with Gasteiger partial charge in [0.15, 0.2) is 0 Å². The molecule has 0 saturated heterocycles. The zero-order chi connectivity index (χ0) is 8.55. The summed E-state index contributed by atoms with van der Waals surface area (Å²) in [6, 6.07) is 0. The Hall–Kier alpha value is -0.500. The zero-order valence-electron chi connectivity index (χ0n) is 7.50. The maximum Gasteiger partial charge on any atom is 0.0406 e. The van der Waals surface area contributed by atoms with Crippen LogP contribution in [0, 0.1) is 0 Å². The third kappa shape index (κ3) is 1.24. The zero-order valence-corrected chi connectivity index (χ0v) is 8.32. The van der Waals surface area contributed by atoms with Crippen molar-refractivity contribution in [2.24, 2.45) is 0 Å². The summed E-state index contributed by atoms with van der Waals surface area (Å²) in [6.45, 7) is 4.47. The number of pyridine rings is 1. The first-order valence-electron chi connectivity index (χ1n) is 4.38. The van der Waals surface area contributed by atoms with Crippen LogP contribution in [0.1, 0.15) is 30.9 Å². The van der Waals surface area contributed by atoms with Crippen LogP contribution >= 0.6 is 11.8 Å². The number of nitrogens with zero attached hydrogens (tertiary/aromatic N) is 1. The molecule has 1 aromatic heterocycles. The van der Waals surface area contributed by atoms with Crippen molar-refractivity contribution < 1.29 is 0 Å². The summed E-state index contributed by atoms with van der Waals surface area (Å²) in [4.78, 5) is 5.66. The van der Waals surface area contributed by atoms with Crippen LogP contribution in [0.15, 0.2) is 17.3 Å². The molecule has 0 radical (unpaired) electrons. The highest BCUT2D eigenvalue weighted by Crippen LogP contribution is 2.34. The molecule has 12 heavy (non-hydrogen) atoms. The van der Waals surface area contributed by atoms with Gasteiger partial charge >= 0.3 is 0 Å². The summed E-state index contributed by atoms with van der Waals surface area (Å²) in [5, 5.41) is 0. The van der Waals surface area contributed by atoms with E-state index >= 15 is 0 Å². The Labute approximate surface area is 77.6 Å². The van der Waals surface area contributed by atoms with Crippen molar-refractivity contribution in [2.45, 2.75) is 31.1 Å². The molecule has 0 atom stereocenters. The fourth-order valence-corrected chi connectivity index (χ4v) is 2.69. The highest BCUT2D eigenvalue weighted by molar-refractivity contribution is 7.99. The molecule has 64 valence electrons. The molecule has 0 spiro atoms. The Morgan fingerprint density at radius 1 is 1.42 bits per heavy atom. The molecule has 1 nitrogen and oxygen atoms in total. The summed E-state index contributed by atoms with van der Waals surface area (Å²) < 4.78 is 0. The third-order valence-corrected chi connectivity index (χ3v) is 3.35. The van der Waals surface area contributed by atoms with Gasteiger partial charge in [0, 0.05) is 23.0 Å². The first-order valence-corrected chi connectivity index (χ1v) is 5.37. The summed E-state index contributed by atoms with van der Waals surface area (Å²) in [6.07, 6.45) is 5.25. The molecule has 0 saturated carbocycles. The molecule has 1 aliphatic rings. The molecular weight excluding hydrogens is 166 g/mol. The molecule has 0 aromatic carbocycles. The fraction of sp³-hybridized carbons (Fsp3) is 0.500. The van der Waals surface area contributed by atoms with E-state index in [-0.39, 0.29) is 0 Å². The summed E-state index contributed by atoms with van der Waals surface area (Å²) in [7, 11) is 0. The van der Waals surface area contributed by atoms with Crippen LogP contribution in [0.5, 0.6) is 0 Å². The smallest absolute Gasteiger partial charge is 0.0406 e. The van der Waals surface area contributed by atoms with Gasteiger partial charge in [-0.2, -0.15) is 0 Å². The number of fused-ring (bicyclic) bond motifs is 1. The van der Waals surface area contributed by atoms with E-state index in [0.717, 1.165) is 0 Å². The molecule has 1 aromatic rings. The lowest BCUT2D eigenvalue weighted by molar-refractivity contribution is 0.829. The largest absolute Gasteiger partial charge is 0.263 e. The Bertz CT molecular complexity index is 294. The number of hydrogen-bond acceptors (Lipinski definition) is 2. The monoisotopic (exact) mass is 179 g/mol. The van der Waals surface area contributed by atoms with E-state index < -0.39 is 0 Å². The van der Waals surface area contributed by atoms with Gasteiger partial charge in [-0.05, 0) is 23.5 Å². The first kappa shape index (κ1) is 8.11. The average Bonchev–Trinajstić information content (AvgIpc) is 2.49. The Kier molecular flexibility index (Phi) is 2.09. The summed E-state index contributed by atoms with van der Waals surface area (Å²) >= 11 is 1.94. The Morgan fingerprint density at radius 2 is 2.25 bits per heavy atom. The minimum Gasteiger partial charge on any atom is -0.263 e. The number of hydrogen-bond donors (Lipinski definition) is 0. The SMILES string of the molecule is CC(C)c1cncc2c1CCS2. The summed E-state index contributed by atoms with van der Waals surface area (Å²) in [5.41, 5.74) is 2.99. The lowest BCUT2D eigenvalue weighted by Gasteiger charge is -2.09. The normalized spacial score (nSPS) is 15.2. The van der Waals surface area contributed by atoms with E-state index in [2.05, 4.69) is 18.8 Å². The predicted octanol–water partition coefficient (Wildman–Crippen LogP) is 2.85. The van der Waals surface area contributed by atoms with E-state index in [1.807, 2.05) is 24.2 Å². The highest BCUT2D eigenvalue weighted by Gasteiger charge is 2.16. The van der Waals surface area contributed by atoms with Crippen molar-refractivity contribution >= 4 is 11.8 Å². The molecule has 1 aliphatic heterocycles. The van der Waals surface area contributed by atoms with E-state index in [1.165, 1.54) is 22.6 Å². The van der Waals surface area contributed by atoms with Gasteiger partial charge in [-0.15, -0.1) is 11.8 Å². The van der Waals surface area contributed by atoms with E-state index in [9.17, 15) is 0 Å². The molecule has 0 unspecified atom stereocenters. The van der Waals surface area contributed by atoms with E-state index in [0.29, 0.717) is 5.92 Å². The van der Waals surface area contributed by atoms with Crippen LogP contribution in [0.2, 0.25) is 0 Å². The topological polar surface area (TPSA) is 12.9 Å². The van der Waals surface area contributed by atoms with Gasteiger partial charge in [0.05, 0.1) is 0 Å². The lowest BCUT2D eigenvalue weighted by Crippen LogP contribution is -1.96. The standard InChI is InChI=1S/C10H13NS/c1-7(2)9-5-11-6-10-8(9)3-4-12-10/h5-7H,3-4H2,1-2H3. The second kappa shape index (κ2) is 3.09. The number of thioether (sulfide) groups is 1. The predicted molar refractivity (Wildman–Crippen MR) is 52.8 cm³/mol. The number of rotatable bonds is 1. The van der Waals surface area contributed by atoms with Crippen LogP contribution in [0.3, 0.4) is 0 Å². The van der Waals surface area contributed by atoms with E-state index in [1.54, 1.807) is 5.56 Å². The lowest BCUT2D eigenvalue weighted by atomic mass is 9.98. The second-order valence-corrected chi connectivity index (χ2v) is 4.60. The van der Waals surface area contributed by atoms with Gasteiger partial charge in [-0.3, -0.25) is 4.98 Å². The van der Waals surface area contributed by atoms with Crippen molar-refractivity contribution in [2.75, 3.05) is 5.75 Å². The fourth-order valence-electron chi connectivity index (χ4n) is 1.64. The molecule has 2 rings (SSSR count). The van der Waals surface area contributed by atoms with Crippen molar-refractivity contribution in [1.29, 1.82) is 0 Å². The van der Waals surface area contributed by atoms with Crippen LogP contribution in [-0.4, -0.2) is 10.7 Å². The molecule has 0 amide bonds. The minimum atomic E-state index is 0.617. The van der Waals surface area contributed by atoms with Crippen molar-refractivity contribution in [3.05, 3.63) is 23.5 Å². The van der Waals surface area contributed by atoms with Crippen molar-refractivity contribution in [1.82, 2.24) is 4.98 Å². The van der Waals surface area contributed by atoms with Gasteiger partial charge in [0.2, 0.25) is 0 Å². The van der Waals surface area contributed by atoms with Gasteiger partial charge < -0.3 is 0 Å². The van der Waals surface area contributed by atoms with Crippen LogP contribution in [-0.2, 0) is 6.42 Å². The van der Waals surface area contributed by atoms with Gasteiger partial charge in [0.1, 0.15) is 0 Å². The van der Waals surface area contributed by atoms with Crippen molar-refractivity contribution in [3.63, 3.8) is 0 Å². The van der Waals surface area contributed by atoms with Crippen molar-refractivity contribution in [3.8, 4) is 0 Å². The van der Waals surface area contributed by atoms with Crippen LogP contribution in [0.25, 0.3) is 0 Å². The molecule has 0 fully saturated rings. The second-order valence-electron chi connectivity index (χ2n) is 3.46. The van der Waals surface area contributed by atoms with E-state index in [4.69, 9.17) is 0 Å². The highest BCUT2D eigenvalue weighted by atomic mass is 32.2. The molecule has 0 bridgehead atoms. The molecule has 2 heterocycles. The van der Waals surface area contributed by atoms with Crippen LogP contribution in [0.4, 0.5) is 0 Å². The Balaban J connectivity index is 2.49. The van der Waals surface area contributed by atoms with Gasteiger partial charge in [-0.25, -0.2) is 0 Å². The maximum atomic E-state index is 4.26. The van der Waals surface area contributed by atoms with Gasteiger partial charge in [0.25, 0.3) is 0 Å². The molecule has 0 N–H and O–H groups in total. The molecule has 0 aliphatic carbocycles. The quantitative estimate of drug-likeness (QED) is 0.657. The van der Waals surface area contributed by atoms with Crippen LogP contribution < -0.4 is 0 Å². The summed E-state index contributed by atoms with van der Waals surface area (Å²) in [5.74, 6) is 1.85. The molecular formula is C10H13NS. The molecule has 2 heteroatoms. The maximum absolute atomic E-state index is 4.26.